The first-order chi connectivity index (χ1) is 12.5. The van der Waals surface area contributed by atoms with Crippen molar-refractivity contribution in [2.24, 2.45) is 7.05 Å². The summed E-state index contributed by atoms with van der Waals surface area (Å²) in [5.74, 6) is 0.480. The lowest BCUT2D eigenvalue weighted by Gasteiger charge is -2.12. The van der Waals surface area contributed by atoms with E-state index in [0.717, 1.165) is 16.9 Å². The third-order valence-electron chi connectivity index (χ3n) is 4.04. The van der Waals surface area contributed by atoms with E-state index in [0.29, 0.717) is 17.9 Å². The summed E-state index contributed by atoms with van der Waals surface area (Å²) in [5.41, 5.74) is 2.97. The van der Waals surface area contributed by atoms with Gasteiger partial charge in [0.05, 0.1) is 5.56 Å². The van der Waals surface area contributed by atoms with Gasteiger partial charge in [0.2, 0.25) is 5.56 Å². The Kier molecular flexibility index (Phi) is 5.17. The average Bonchev–Trinajstić information content (AvgIpc) is 2.65. The van der Waals surface area contributed by atoms with Crippen molar-refractivity contribution in [2.75, 3.05) is 5.32 Å². The molecule has 0 saturated heterocycles. The van der Waals surface area contributed by atoms with Crippen molar-refractivity contribution in [2.45, 2.75) is 13.5 Å². The van der Waals surface area contributed by atoms with Crippen molar-refractivity contribution >= 4 is 11.6 Å². The van der Waals surface area contributed by atoms with Gasteiger partial charge in [-0.15, -0.1) is 0 Å². The molecule has 5 nitrogen and oxygen atoms in total. The predicted molar refractivity (Wildman–Crippen MR) is 102 cm³/mol. The Morgan fingerprint density at radius 1 is 1.08 bits per heavy atom. The molecule has 1 amide bonds. The van der Waals surface area contributed by atoms with E-state index in [1.54, 1.807) is 7.05 Å². The van der Waals surface area contributed by atoms with Crippen molar-refractivity contribution in [3.8, 4) is 5.75 Å². The minimum atomic E-state index is -0.262. The zero-order valence-electron chi connectivity index (χ0n) is 14.7. The molecule has 0 unspecified atom stereocenters. The van der Waals surface area contributed by atoms with Crippen LogP contribution in [0.2, 0.25) is 0 Å². The predicted octanol–water partition coefficient (Wildman–Crippen LogP) is 3.53. The number of aryl methyl sites for hydroxylation is 2. The van der Waals surface area contributed by atoms with E-state index in [4.69, 9.17) is 4.74 Å². The number of amides is 1. The Morgan fingerprint density at radius 3 is 2.54 bits per heavy atom. The van der Waals surface area contributed by atoms with Gasteiger partial charge in [0.15, 0.2) is 0 Å². The highest BCUT2D eigenvalue weighted by Crippen LogP contribution is 2.22. The first-order valence-corrected chi connectivity index (χ1v) is 8.28. The lowest BCUT2D eigenvalue weighted by molar-refractivity contribution is 0.102. The van der Waals surface area contributed by atoms with Gasteiger partial charge in [-0.2, -0.15) is 0 Å². The maximum atomic E-state index is 12.4. The van der Waals surface area contributed by atoms with Crippen LogP contribution in [0.15, 0.2) is 71.7 Å². The van der Waals surface area contributed by atoms with Crippen LogP contribution in [0.1, 0.15) is 21.5 Å². The second-order valence-electron chi connectivity index (χ2n) is 6.07. The lowest BCUT2D eigenvalue weighted by atomic mass is 10.1. The third kappa shape index (κ3) is 4.19. The lowest BCUT2D eigenvalue weighted by Crippen LogP contribution is -2.19. The molecule has 0 spiro atoms. The maximum absolute atomic E-state index is 12.4. The number of hydrogen-bond acceptors (Lipinski definition) is 3. The maximum Gasteiger partial charge on any atom is 0.257 e. The van der Waals surface area contributed by atoms with Crippen molar-refractivity contribution < 1.29 is 9.53 Å². The summed E-state index contributed by atoms with van der Waals surface area (Å²) in [5, 5.41) is 2.86. The van der Waals surface area contributed by atoms with E-state index in [9.17, 15) is 9.59 Å². The van der Waals surface area contributed by atoms with E-state index in [1.165, 1.54) is 22.9 Å². The third-order valence-corrected chi connectivity index (χ3v) is 4.04. The number of nitrogens with zero attached hydrogens (tertiary/aromatic N) is 1. The number of aromatic nitrogens is 1. The van der Waals surface area contributed by atoms with Crippen LogP contribution in [0.3, 0.4) is 0 Å². The number of rotatable bonds is 5. The van der Waals surface area contributed by atoms with Crippen molar-refractivity contribution in [3.63, 3.8) is 0 Å². The summed E-state index contributed by atoms with van der Waals surface area (Å²) in [7, 11) is 1.61. The van der Waals surface area contributed by atoms with Crippen LogP contribution in [0.25, 0.3) is 0 Å². The highest BCUT2D eigenvalue weighted by molar-refractivity contribution is 6.04. The van der Waals surface area contributed by atoms with Gasteiger partial charge in [0.1, 0.15) is 12.4 Å². The number of nitrogens with one attached hydrogen (secondary N) is 1. The quantitative estimate of drug-likeness (QED) is 0.767. The number of benzene rings is 2. The topological polar surface area (TPSA) is 60.3 Å². The zero-order valence-corrected chi connectivity index (χ0v) is 14.7. The molecule has 0 bridgehead atoms. The largest absolute Gasteiger partial charge is 0.489 e. The Hall–Kier alpha value is -3.34. The number of carbonyl (C=O) groups excluding carboxylic acids is 1. The first kappa shape index (κ1) is 17.5. The minimum absolute atomic E-state index is 0.155. The Bertz CT molecular complexity index is 978. The van der Waals surface area contributed by atoms with E-state index >= 15 is 0 Å². The van der Waals surface area contributed by atoms with Gasteiger partial charge in [-0.25, -0.2) is 0 Å². The standard InChI is InChI=1S/C21H20N2O3/c1-15-12-18(26-14-16-6-4-3-5-7-16)9-10-19(15)22-21(25)17-8-11-20(24)23(2)13-17/h3-13H,14H2,1-2H3,(H,22,25). The van der Waals surface area contributed by atoms with Crippen LogP contribution in [-0.2, 0) is 13.7 Å². The summed E-state index contributed by atoms with van der Waals surface area (Å²) in [6.07, 6.45) is 1.52. The number of anilines is 1. The number of hydrogen-bond donors (Lipinski definition) is 1. The highest BCUT2D eigenvalue weighted by Gasteiger charge is 2.09. The molecule has 0 radical (unpaired) electrons. The molecule has 3 aromatic rings. The molecule has 0 atom stereocenters. The average molecular weight is 348 g/mol. The van der Waals surface area contributed by atoms with Crippen LogP contribution in [-0.4, -0.2) is 10.5 Å². The second kappa shape index (κ2) is 7.70. The Balaban J connectivity index is 1.68. The van der Waals surface area contributed by atoms with E-state index in [-0.39, 0.29) is 11.5 Å². The fourth-order valence-electron chi connectivity index (χ4n) is 2.53. The van der Waals surface area contributed by atoms with Crippen LogP contribution in [0, 0.1) is 6.92 Å². The molecule has 1 N–H and O–H groups in total. The summed E-state index contributed by atoms with van der Waals surface area (Å²) < 4.78 is 7.17. The Morgan fingerprint density at radius 2 is 1.85 bits per heavy atom. The van der Waals surface area contributed by atoms with Gasteiger partial charge in [-0.3, -0.25) is 9.59 Å². The highest BCUT2D eigenvalue weighted by atomic mass is 16.5. The van der Waals surface area contributed by atoms with Crippen LogP contribution < -0.4 is 15.6 Å². The van der Waals surface area contributed by atoms with Gasteiger partial charge < -0.3 is 14.6 Å². The van der Waals surface area contributed by atoms with Crippen LogP contribution >= 0.6 is 0 Å². The van der Waals surface area contributed by atoms with Gasteiger partial charge in [-0.1, -0.05) is 30.3 Å². The van der Waals surface area contributed by atoms with E-state index in [1.807, 2.05) is 55.5 Å². The zero-order chi connectivity index (χ0) is 18.5. The monoisotopic (exact) mass is 348 g/mol. The number of carbonyl (C=O) groups is 1. The van der Waals surface area contributed by atoms with E-state index in [2.05, 4.69) is 5.32 Å². The minimum Gasteiger partial charge on any atom is -0.489 e. The summed E-state index contributed by atoms with van der Waals surface area (Å²) in [6, 6.07) is 18.4. The summed E-state index contributed by atoms with van der Waals surface area (Å²) in [4.78, 5) is 23.8. The van der Waals surface area contributed by atoms with Gasteiger partial charge in [-0.05, 0) is 42.3 Å². The summed E-state index contributed by atoms with van der Waals surface area (Å²) in [6.45, 7) is 2.40. The van der Waals surface area contributed by atoms with Crippen LogP contribution in [0.5, 0.6) is 5.75 Å². The molecule has 1 aromatic heterocycles. The van der Waals surface area contributed by atoms with Crippen molar-refractivity contribution in [1.29, 1.82) is 0 Å². The molecule has 5 heteroatoms. The van der Waals surface area contributed by atoms with Crippen molar-refractivity contribution in [1.82, 2.24) is 4.57 Å². The molecular formula is C21H20N2O3. The Labute approximate surface area is 151 Å². The molecule has 132 valence electrons. The molecule has 1 heterocycles. The van der Waals surface area contributed by atoms with Gasteiger partial charge in [0, 0.05) is 25.0 Å². The molecule has 0 aliphatic rings. The molecule has 26 heavy (non-hydrogen) atoms. The molecule has 0 aliphatic heterocycles. The van der Waals surface area contributed by atoms with Gasteiger partial charge >= 0.3 is 0 Å². The first-order valence-electron chi connectivity index (χ1n) is 8.28. The molecular weight excluding hydrogens is 328 g/mol. The fraction of sp³-hybridized carbons (Fsp3) is 0.143. The van der Waals surface area contributed by atoms with E-state index < -0.39 is 0 Å². The second-order valence-corrected chi connectivity index (χ2v) is 6.07. The SMILES string of the molecule is Cc1cc(OCc2ccccc2)ccc1NC(=O)c1ccc(=O)n(C)c1. The van der Waals surface area contributed by atoms with Crippen molar-refractivity contribution in [3.05, 3.63) is 93.9 Å². The molecule has 0 saturated carbocycles. The molecule has 2 aromatic carbocycles. The van der Waals surface area contributed by atoms with Crippen LogP contribution in [0.4, 0.5) is 5.69 Å². The molecule has 3 rings (SSSR count). The summed E-state index contributed by atoms with van der Waals surface area (Å²) >= 11 is 0. The normalized spacial score (nSPS) is 10.4. The number of pyridine rings is 1. The van der Waals surface area contributed by atoms with Gasteiger partial charge in [0.25, 0.3) is 5.91 Å². The fourth-order valence-corrected chi connectivity index (χ4v) is 2.53. The smallest absolute Gasteiger partial charge is 0.257 e. The molecule has 0 aliphatic carbocycles. The number of ether oxygens (including phenoxy) is 1. The molecule has 0 fully saturated rings.